The monoisotopic (exact) mass is 230 g/mol. The molecule has 15 heavy (non-hydrogen) atoms. The van der Waals surface area contributed by atoms with Crippen LogP contribution in [0.4, 0.5) is 0 Å². The van der Waals surface area contributed by atoms with E-state index in [9.17, 15) is 0 Å². The van der Waals surface area contributed by atoms with Gasteiger partial charge in [-0.15, -0.1) is 0 Å². The van der Waals surface area contributed by atoms with Gasteiger partial charge in [0.05, 0.1) is 6.61 Å². The molecule has 0 aliphatic carbocycles. The van der Waals surface area contributed by atoms with Gasteiger partial charge in [-0.25, -0.2) is 4.98 Å². The number of hydrogen-bond donors (Lipinski definition) is 1. The SMILES string of the molecule is CCCc1nc(Cl)cc(OCCCO)n1. The molecule has 0 unspecified atom stereocenters. The maximum absolute atomic E-state index is 8.60. The second-order valence-electron chi connectivity index (χ2n) is 3.12. The lowest BCUT2D eigenvalue weighted by molar-refractivity contribution is 0.229. The number of aryl methyl sites for hydroxylation is 1. The van der Waals surface area contributed by atoms with E-state index >= 15 is 0 Å². The fourth-order valence-electron chi connectivity index (χ4n) is 1.09. The summed E-state index contributed by atoms with van der Waals surface area (Å²) in [4.78, 5) is 8.27. The van der Waals surface area contributed by atoms with Crippen molar-refractivity contribution in [1.82, 2.24) is 9.97 Å². The Morgan fingerprint density at radius 1 is 1.47 bits per heavy atom. The first-order chi connectivity index (χ1) is 7.26. The molecule has 0 saturated heterocycles. The lowest BCUT2D eigenvalue weighted by Crippen LogP contribution is -2.04. The van der Waals surface area contributed by atoms with Crippen LogP contribution in [-0.4, -0.2) is 28.3 Å². The van der Waals surface area contributed by atoms with Gasteiger partial charge in [0.1, 0.15) is 11.0 Å². The van der Waals surface area contributed by atoms with E-state index in [0.29, 0.717) is 29.9 Å². The van der Waals surface area contributed by atoms with E-state index in [-0.39, 0.29) is 6.61 Å². The fraction of sp³-hybridized carbons (Fsp3) is 0.600. The average Bonchev–Trinajstić information content (AvgIpc) is 2.18. The molecule has 0 atom stereocenters. The molecule has 4 nitrogen and oxygen atoms in total. The topological polar surface area (TPSA) is 55.2 Å². The van der Waals surface area contributed by atoms with Gasteiger partial charge in [-0.05, 0) is 6.42 Å². The van der Waals surface area contributed by atoms with Crippen molar-refractivity contribution in [2.75, 3.05) is 13.2 Å². The molecule has 1 N–H and O–H groups in total. The van der Waals surface area contributed by atoms with Crippen molar-refractivity contribution < 1.29 is 9.84 Å². The van der Waals surface area contributed by atoms with Crippen molar-refractivity contribution in [3.05, 3.63) is 17.0 Å². The largest absolute Gasteiger partial charge is 0.477 e. The third-order valence-electron chi connectivity index (χ3n) is 1.74. The highest BCUT2D eigenvalue weighted by atomic mass is 35.5. The maximum Gasteiger partial charge on any atom is 0.218 e. The van der Waals surface area contributed by atoms with E-state index in [1.54, 1.807) is 6.07 Å². The Bertz CT molecular complexity index is 307. The Morgan fingerprint density at radius 2 is 2.27 bits per heavy atom. The van der Waals surface area contributed by atoms with Crippen LogP contribution in [0.25, 0.3) is 0 Å². The van der Waals surface area contributed by atoms with Gasteiger partial charge in [0, 0.05) is 25.5 Å². The smallest absolute Gasteiger partial charge is 0.218 e. The summed E-state index contributed by atoms with van der Waals surface area (Å²) in [6.07, 6.45) is 2.35. The van der Waals surface area contributed by atoms with Crippen LogP contribution in [0.3, 0.4) is 0 Å². The summed E-state index contributed by atoms with van der Waals surface area (Å²) >= 11 is 5.82. The molecule has 0 bridgehead atoms. The number of aliphatic hydroxyl groups excluding tert-OH is 1. The number of hydrogen-bond acceptors (Lipinski definition) is 4. The van der Waals surface area contributed by atoms with Gasteiger partial charge in [-0.3, -0.25) is 0 Å². The molecule has 0 aliphatic heterocycles. The van der Waals surface area contributed by atoms with Crippen molar-refractivity contribution in [1.29, 1.82) is 0 Å². The Morgan fingerprint density at radius 3 is 2.93 bits per heavy atom. The van der Waals surface area contributed by atoms with Crippen molar-refractivity contribution in [2.24, 2.45) is 0 Å². The third kappa shape index (κ3) is 4.44. The number of halogens is 1. The van der Waals surface area contributed by atoms with Gasteiger partial charge in [0.15, 0.2) is 0 Å². The minimum atomic E-state index is 0.112. The van der Waals surface area contributed by atoms with Gasteiger partial charge in [0.2, 0.25) is 5.88 Å². The van der Waals surface area contributed by atoms with E-state index in [1.807, 2.05) is 0 Å². The minimum Gasteiger partial charge on any atom is -0.477 e. The zero-order chi connectivity index (χ0) is 11.1. The number of rotatable bonds is 6. The highest BCUT2D eigenvalue weighted by Gasteiger charge is 2.03. The average molecular weight is 231 g/mol. The quantitative estimate of drug-likeness (QED) is 0.599. The predicted molar refractivity (Wildman–Crippen MR) is 58.2 cm³/mol. The van der Waals surface area contributed by atoms with Gasteiger partial charge >= 0.3 is 0 Å². The number of aliphatic hydroxyl groups is 1. The molecule has 0 aromatic carbocycles. The van der Waals surface area contributed by atoms with Gasteiger partial charge in [-0.1, -0.05) is 18.5 Å². The van der Waals surface area contributed by atoms with Crippen molar-refractivity contribution >= 4 is 11.6 Å². The number of nitrogens with zero attached hydrogens (tertiary/aromatic N) is 2. The van der Waals surface area contributed by atoms with Crippen molar-refractivity contribution in [2.45, 2.75) is 26.2 Å². The molecule has 0 spiro atoms. The zero-order valence-corrected chi connectivity index (χ0v) is 9.50. The Hall–Kier alpha value is -0.870. The number of aromatic nitrogens is 2. The molecule has 84 valence electrons. The minimum absolute atomic E-state index is 0.112. The van der Waals surface area contributed by atoms with Gasteiger partial charge < -0.3 is 9.84 Å². The van der Waals surface area contributed by atoms with Crippen LogP contribution in [0.1, 0.15) is 25.6 Å². The summed E-state index contributed by atoms with van der Waals surface area (Å²) in [5, 5.41) is 8.99. The summed E-state index contributed by atoms with van der Waals surface area (Å²) < 4.78 is 5.32. The summed E-state index contributed by atoms with van der Waals surface area (Å²) in [6.45, 7) is 2.60. The molecular weight excluding hydrogens is 216 g/mol. The predicted octanol–water partition coefficient (Wildman–Crippen LogP) is 1.84. The highest BCUT2D eigenvalue weighted by molar-refractivity contribution is 6.29. The fourth-order valence-corrected chi connectivity index (χ4v) is 1.28. The van der Waals surface area contributed by atoms with E-state index in [2.05, 4.69) is 16.9 Å². The molecule has 0 radical (unpaired) electrons. The van der Waals surface area contributed by atoms with Crippen LogP contribution in [0, 0.1) is 0 Å². The van der Waals surface area contributed by atoms with Crippen molar-refractivity contribution in [3.63, 3.8) is 0 Å². The van der Waals surface area contributed by atoms with Crippen LogP contribution in [0.15, 0.2) is 6.07 Å². The first kappa shape index (κ1) is 12.2. The first-order valence-corrected chi connectivity index (χ1v) is 5.41. The summed E-state index contributed by atoms with van der Waals surface area (Å²) in [5.74, 6) is 1.18. The molecule has 0 saturated carbocycles. The Labute approximate surface area is 94.3 Å². The molecule has 1 aromatic rings. The van der Waals surface area contributed by atoms with Crippen LogP contribution in [-0.2, 0) is 6.42 Å². The summed E-state index contributed by atoms with van der Waals surface area (Å²) in [6, 6.07) is 1.58. The highest BCUT2D eigenvalue weighted by Crippen LogP contribution is 2.14. The lowest BCUT2D eigenvalue weighted by Gasteiger charge is -2.05. The zero-order valence-electron chi connectivity index (χ0n) is 8.74. The molecule has 0 fully saturated rings. The first-order valence-electron chi connectivity index (χ1n) is 5.03. The van der Waals surface area contributed by atoms with Crippen LogP contribution in [0.2, 0.25) is 5.15 Å². The molecule has 1 rings (SSSR count). The van der Waals surface area contributed by atoms with Crippen molar-refractivity contribution in [3.8, 4) is 5.88 Å². The van der Waals surface area contributed by atoms with E-state index in [1.165, 1.54) is 0 Å². The normalized spacial score (nSPS) is 10.3. The van der Waals surface area contributed by atoms with Gasteiger partial charge in [-0.2, -0.15) is 4.98 Å². The van der Waals surface area contributed by atoms with Crippen LogP contribution >= 0.6 is 11.6 Å². The third-order valence-corrected chi connectivity index (χ3v) is 1.94. The molecule has 0 aliphatic rings. The standard InChI is InChI=1S/C10H15ClN2O2/c1-2-4-9-12-8(11)7-10(13-9)15-6-3-5-14/h7,14H,2-6H2,1H3. The molecule has 5 heteroatoms. The van der Waals surface area contributed by atoms with E-state index in [4.69, 9.17) is 21.4 Å². The number of ether oxygens (including phenoxy) is 1. The van der Waals surface area contributed by atoms with E-state index in [0.717, 1.165) is 12.8 Å². The molecule has 0 amide bonds. The van der Waals surface area contributed by atoms with Crippen LogP contribution < -0.4 is 4.74 Å². The second-order valence-corrected chi connectivity index (χ2v) is 3.51. The molecular formula is C10H15ClN2O2. The van der Waals surface area contributed by atoms with Crippen LogP contribution in [0.5, 0.6) is 5.88 Å². The summed E-state index contributed by atoms with van der Waals surface area (Å²) in [7, 11) is 0. The Balaban J connectivity index is 2.62. The molecule has 1 heterocycles. The molecule has 1 aromatic heterocycles. The Kier molecular flexibility index (Phi) is 5.36. The summed E-state index contributed by atoms with van der Waals surface area (Å²) in [5.41, 5.74) is 0. The lowest BCUT2D eigenvalue weighted by atomic mass is 10.3. The maximum atomic E-state index is 8.60. The second kappa shape index (κ2) is 6.58. The van der Waals surface area contributed by atoms with E-state index < -0.39 is 0 Å². The van der Waals surface area contributed by atoms with Gasteiger partial charge in [0.25, 0.3) is 0 Å².